The van der Waals surface area contributed by atoms with Crippen LogP contribution in [0.4, 0.5) is 0 Å². The van der Waals surface area contributed by atoms with Crippen molar-refractivity contribution < 1.29 is 4.79 Å². The van der Waals surface area contributed by atoms with Crippen molar-refractivity contribution in [1.29, 1.82) is 0 Å². The van der Waals surface area contributed by atoms with Gasteiger partial charge in [0.25, 0.3) is 5.91 Å². The molecule has 4 nitrogen and oxygen atoms in total. The molecule has 0 spiro atoms. The molecule has 2 rings (SSSR count). The number of hydrogen-bond donors (Lipinski definition) is 0. The van der Waals surface area contributed by atoms with Crippen LogP contribution in [0.3, 0.4) is 0 Å². The van der Waals surface area contributed by atoms with Crippen molar-refractivity contribution in [3.05, 3.63) is 36.4 Å². The molecule has 0 unspecified atom stereocenters. The lowest BCUT2D eigenvalue weighted by atomic mass is 10.1. The van der Waals surface area contributed by atoms with Crippen LogP contribution in [0, 0.1) is 0 Å². The number of carbonyl (C=O) groups excluding carboxylic acids is 1. The standard InChI is InChI=1S/C22H33N3O/c1-2-3-4-5-6-7-8-9-10-11-12-13-14-19-22(26)25-21-18-16-15-17-20(21)23-24-25/h13-18H,2-12,19H2,1H3/b14-13+. The van der Waals surface area contributed by atoms with Crippen LogP contribution >= 0.6 is 0 Å². The van der Waals surface area contributed by atoms with Crippen LogP contribution in [0.15, 0.2) is 36.4 Å². The van der Waals surface area contributed by atoms with Crippen LogP contribution in [-0.2, 0) is 0 Å². The maximum absolute atomic E-state index is 12.2. The van der Waals surface area contributed by atoms with Crippen LogP contribution in [0.2, 0.25) is 0 Å². The molecule has 0 radical (unpaired) electrons. The zero-order valence-electron chi connectivity index (χ0n) is 16.2. The number of fused-ring (bicyclic) bond motifs is 1. The predicted molar refractivity (Wildman–Crippen MR) is 108 cm³/mol. The maximum atomic E-state index is 12.2. The fourth-order valence-corrected chi connectivity index (χ4v) is 3.19. The normalized spacial score (nSPS) is 11.6. The van der Waals surface area contributed by atoms with E-state index in [0.717, 1.165) is 17.5 Å². The van der Waals surface area contributed by atoms with E-state index < -0.39 is 0 Å². The number of benzene rings is 1. The minimum Gasteiger partial charge on any atom is -0.272 e. The Balaban J connectivity index is 1.51. The molecule has 0 saturated heterocycles. The summed E-state index contributed by atoms with van der Waals surface area (Å²) in [6.07, 6.45) is 19.1. The quantitative estimate of drug-likeness (QED) is 0.311. The summed E-state index contributed by atoms with van der Waals surface area (Å²) in [7, 11) is 0. The van der Waals surface area contributed by atoms with E-state index in [-0.39, 0.29) is 5.91 Å². The Morgan fingerprint density at radius 1 is 0.923 bits per heavy atom. The molecular weight excluding hydrogens is 322 g/mol. The van der Waals surface area contributed by atoms with Gasteiger partial charge in [0, 0.05) is 6.42 Å². The zero-order valence-corrected chi connectivity index (χ0v) is 16.2. The third-order valence-corrected chi connectivity index (χ3v) is 4.77. The van der Waals surface area contributed by atoms with Gasteiger partial charge < -0.3 is 0 Å². The van der Waals surface area contributed by atoms with E-state index in [1.807, 2.05) is 30.3 Å². The highest BCUT2D eigenvalue weighted by Gasteiger charge is 2.09. The second kappa shape index (κ2) is 12.4. The summed E-state index contributed by atoms with van der Waals surface area (Å²) in [5.74, 6) is -0.0296. The van der Waals surface area contributed by atoms with Crippen LogP contribution in [-0.4, -0.2) is 20.9 Å². The minimum absolute atomic E-state index is 0.0296. The molecule has 0 aliphatic heterocycles. The van der Waals surface area contributed by atoms with E-state index in [1.165, 1.54) is 68.9 Å². The Kier molecular flexibility index (Phi) is 9.70. The summed E-state index contributed by atoms with van der Waals surface area (Å²) in [5.41, 5.74) is 1.54. The number of nitrogens with zero attached hydrogens (tertiary/aromatic N) is 3. The summed E-state index contributed by atoms with van der Waals surface area (Å²) in [6, 6.07) is 7.54. The van der Waals surface area contributed by atoms with Crippen molar-refractivity contribution in [2.24, 2.45) is 0 Å². The Hall–Kier alpha value is -1.97. The monoisotopic (exact) mass is 355 g/mol. The van der Waals surface area contributed by atoms with E-state index in [0.29, 0.717) is 6.42 Å². The van der Waals surface area contributed by atoms with E-state index in [1.54, 1.807) is 0 Å². The number of carbonyl (C=O) groups is 1. The van der Waals surface area contributed by atoms with Gasteiger partial charge in [-0.25, -0.2) is 0 Å². The van der Waals surface area contributed by atoms with Crippen molar-refractivity contribution in [3.8, 4) is 0 Å². The Morgan fingerprint density at radius 3 is 2.31 bits per heavy atom. The van der Waals surface area contributed by atoms with Crippen molar-refractivity contribution in [2.45, 2.75) is 84.0 Å². The molecule has 0 amide bonds. The van der Waals surface area contributed by atoms with Gasteiger partial charge in [-0.2, -0.15) is 4.68 Å². The third-order valence-electron chi connectivity index (χ3n) is 4.77. The minimum atomic E-state index is -0.0296. The predicted octanol–water partition coefficient (Wildman–Crippen LogP) is 6.33. The van der Waals surface area contributed by atoms with E-state index in [9.17, 15) is 4.79 Å². The van der Waals surface area contributed by atoms with Crippen LogP contribution in [0.5, 0.6) is 0 Å². The molecule has 0 aliphatic rings. The molecule has 1 heterocycles. The van der Waals surface area contributed by atoms with Crippen molar-refractivity contribution in [3.63, 3.8) is 0 Å². The molecule has 0 aliphatic carbocycles. The highest BCUT2D eigenvalue weighted by molar-refractivity contribution is 5.89. The van der Waals surface area contributed by atoms with Gasteiger partial charge >= 0.3 is 0 Å². The average Bonchev–Trinajstić information content (AvgIpc) is 3.09. The molecule has 0 N–H and O–H groups in total. The number of unbranched alkanes of at least 4 members (excludes halogenated alkanes) is 10. The molecule has 142 valence electrons. The zero-order chi connectivity index (χ0) is 18.5. The van der Waals surface area contributed by atoms with Crippen LogP contribution < -0.4 is 0 Å². The Labute approximate surface area is 157 Å². The van der Waals surface area contributed by atoms with E-state index in [2.05, 4.69) is 23.3 Å². The molecule has 26 heavy (non-hydrogen) atoms. The summed E-state index contributed by atoms with van der Waals surface area (Å²) < 4.78 is 1.40. The summed E-state index contributed by atoms with van der Waals surface area (Å²) >= 11 is 0. The lowest BCUT2D eigenvalue weighted by molar-refractivity contribution is 0.0904. The fourth-order valence-electron chi connectivity index (χ4n) is 3.19. The lowest BCUT2D eigenvalue weighted by Gasteiger charge is -2.01. The molecule has 0 bridgehead atoms. The first kappa shape index (κ1) is 20.3. The number of allylic oxidation sites excluding steroid dienone is 2. The van der Waals surface area contributed by atoms with Crippen molar-refractivity contribution in [1.82, 2.24) is 15.0 Å². The third kappa shape index (κ3) is 7.11. The second-order valence-electron chi connectivity index (χ2n) is 7.03. The maximum Gasteiger partial charge on any atom is 0.252 e. The van der Waals surface area contributed by atoms with Crippen LogP contribution in [0.25, 0.3) is 11.0 Å². The lowest BCUT2D eigenvalue weighted by Crippen LogP contribution is -2.10. The average molecular weight is 356 g/mol. The first-order valence-electron chi connectivity index (χ1n) is 10.3. The molecule has 1 aromatic heterocycles. The highest BCUT2D eigenvalue weighted by atomic mass is 16.2. The number of rotatable bonds is 13. The molecule has 0 atom stereocenters. The van der Waals surface area contributed by atoms with Gasteiger partial charge in [0.05, 0.1) is 5.52 Å². The van der Waals surface area contributed by atoms with Gasteiger partial charge in [-0.15, -0.1) is 5.10 Å². The van der Waals surface area contributed by atoms with Gasteiger partial charge in [0.15, 0.2) is 0 Å². The van der Waals surface area contributed by atoms with E-state index in [4.69, 9.17) is 0 Å². The summed E-state index contributed by atoms with van der Waals surface area (Å²) in [6.45, 7) is 2.26. The SMILES string of the molecule is CCCCCCCCCCCC/C=C/CC(=O)n1nnc2ccccc21. The van der Waals surface area contributed by atoms with Gasteiger partial charge in [-0.05, 0) is 25.0 Å². The smallest absolute Gasteiger partial charge is 0.252 e. The molecular formula is C22H33N3O. The fraction of sp³-hybridized carbons (Fsp3) is 0.591. The molecule has 2 aromatic rings. The molecule has 4 heteroatoms. The number of hydrogen-bond acceptors (Lipinski definition) is 3. The topological polar surface area (TPSA) is 47.8 Å². The Bertz CT molecular complexity index is 675. The Morgan fingerprint density at radius 2 is 1.58 bits per heavy atom. The van der Waals surface area contributed by atoms with Gasteiger partial charge in [0.1, 0.15) is 5.52 Å². The van der Waals surface area contributed by atoms with E-state index >= 15 is 0 Å². The second-order valence-corrected chi connectivity index (χ2v) is 7.03. The van der Waals surface area contributed by atoms with Crippen molar-refractivity contribution >= 4 is 16.9 Å². The van der Waals surface area contributed by atoms with Crippen molar-refractivity contribution in [2.75, 3.05) is 0 Å². The van der Waals surface area contributed by atoms with Crippen LogP contribution in [0.1, 0.15) is 88.8 Å². The highest BCUT2D eigenvalue weighted by Crippen LogP contribution is 2.12. The van der Waals surface area contributed by atoms with Gasteiger partial charge in [-0.1, -0.05) is 94.2 Å². The van der Waals surface area contributed by atoms with Gasteiger partial charge in [0.2, 0.25) is 0 Å². The number of para-hydroxylation sites is 1. The summed E-state index contributed by atoms with van der Waals surface area (Å²) in [5, 5.41) is 7.98. The summed E-state index contributed by atoms with van der Waals surface area (Å²) in [4.78, 5) is 12.2. The first-order valence-corrected chi connectivity index (χ1v) is 10.3. The number of aromatic nitrogens is 3. The first-order chi connectivity index (χ1) is 12.8. The molecule has 0 saturated carbocycles. The largest absolute Gasteiger partial charge is 0.272 e. The molecule has 0 fully saturated rings. The van der Waals surface area contributed by atoms with Gasteiger partial charge in [-0.3, -0.25) is 4.79 Å². The molecule has 1 aromatic carbocycles.